The van der Waals surface area contributed by atoms with Gasteiger partial charge in [0.05, 0.1) is 23.5 Å². The Morgan fingerprint density at radius 3 is 2.80 bits per heavy atom. The minimum absolute atomic E-state index is 0.0624. The molecule has 2 atom stereocenters. The topological polar surface area (TPSA) is 93.3 Å². The van der Waals surface area contributed by atoms with Crippen molar-refractivity contribution in [1.82, 2.24) is 25.2 Å². The zero-order valence-corrected chi connectivity index (χ0v) is 14.3. The Morgan fingerprint density at radius 1 is 1.32 bits per heavy atom. The van der Waals surface area contributed by atoms with E-state index >= 15 is 0 Å². The van der Waals surface area contributed by atoms with Crippen LogP contribution in [-0.2, 0) is 11.8 Å². The number of amides is 2. The highest BCUT2D eigenvalue weighted by Gasteiger charge is 2.38. The van der Waals surface area contributed by atoms with Crippen LogP contribution in [0.4, 0.5) is 0 Å². The molecule has 0 aromatic carbocycles. The molecule has 0 spiro atoms. The van der Waals surface area contributed by atoms with Crippen molar-refractivity contribution in [2.45, 2.75) is 43.7 Å². The highest BCUT2D eigenvalue weighted by atomic mass is 16.5. The van der Waals surface area contributed by atoms with Crippen molar-refractivity contribution in [1.29, 1.82) is 0 Å². The summed E-state index contributed by atoms with van der Waals surface area (Å²) in [6, 6.07) is 3.13. The molecule has 2 aliphatic rings. The number of carbonyl (C=O) groups excluding carboxylic acids is 2. The van der Waals surface area contributed by atoms with Crippen LogP contribution in [0.5, 0.6) is 0 Å². The number of hydrogen-bond acceptors (Lipinski definition) is 5. The Labute approximate surface area is 145 Å². The van der Waals surface area contributed by atoms with Gasteiger partial charge in [0.25, 0.3) is 5.91 Å². The molecular formula is C17H21N5O3. The highest BCUT2D eigenvalue weighted by molar-refractivity contribution is 5.92. The summed E-state index contributed by atoms with van der Waals surface area (Å²) in [5, 5.41) is 11.2. The summed E-state index contributed by atoms with van der Waals surface area (Å²) in [5.74, 6) is 0.433. The first-order valence-corrected chi connectivity index (χ1v) is 8.55. The van der Waals surface area contributed by atoms with Crippen LogP contribution in [0.2, 0.25) is 0 Å². The van der Waals surface area contributed by atoms with Crippen LogP contribution in [0.25, 0.3) is 0 Å². The van der Waals surface area contributed by atoms with Gasteiger partial charge >= 0.3 is 0 Å². The molecule has 2 aromatic heterocycles. The van der Waals surface area contributed by atoms with E-state index in [4.69, 9.17) is 4.52 Å². The first-order chi connectivity index (χ1) is 12.0. The average molecular weight is 343 g/mol. The number of aryl methyl sites for hydroxylation is 1. The highest BCUT2D eigenvalue weighted by Crippen LogP contribution is 2.39. The number of hydrogen-bond donors (Lipinski definition) is 1. The van der Waals surface area contributed by atoms with Gasteiger partial charge in [0.2, 0.25) is 11.7 Å². The van der Waals surface area contributed by atoms with E-state index in [-0.39, 0.29) is 29.7 Å². The van der Waals surface area contributed by atoms with Crippen molar-refractivity contribution in [2.75, 3.05) is 7.05 Å². The van der Waals surface area contributed by atoms with E-state index in [1.807, 2.05) is 13.1 Å². The zero-order chi connectivity index (χ0) is 17.6. The molecule has 132 valence electrons. The maximum absolute atomic E-state index is 12.6. The molecule has 1 aliphatic carbocycles. The smallest absolute Gasteiger partial charge is 0.290 e. The van der Waals surface area contributed by atoms with Crippen molar-refractivity contribution in [3.8, 4) is 0 Å². The molecule has 25 heavy (non-hydrogen) atoms. The molecule has 3 heterocycles. The molecule has 8 nitrogen and oxygen atoms in total. The van der Waals surface area contributed by atoms with Gasteiger partial charge in [-0.05, 0) is 25.3 Å². The average Bonchev–Trinajstić information content (AvgIpc) is 3.17. The van der Waals surface area contributed by atoms with E-state index in [1.165, 1.54) is 0 Å². The van der Waals surface area contributed by atoms with Crippen LogP contribution in [0.15, 0.2) is 22.9 Å². The zero-order valence-electron chi connectivity index (χ0n) is 14.3. The molecule has 8 heteroatoms. The molecule has 0 radical (unpaired) electrons. The monoisotopic (exact) mass is 343 g/mol. The Balaban J connectivity index is 1.55. The second-order valence-electron chi connectivity index (χ2n) is 6.84. The lowest BCUT2D eigenvalue weighted by Crippen LogP contribution is -2.51. The minimum atomic E-state index is -0.292. The Morgan fingerprint density at radius 2 is 2.12 bits per heavy atom. The predicted octanol–water partition coefficient (Wildman–Crippen LogP) is 1.38. The summed E-state index contributed by atoms with van der Waals surface area (Å²) in [6.07, 6.45) is 4.88. The molecule has 0 unspecified atom stereocenters. The van der Waals surface area contributed by atoms with Crippen molar-refractivity contribution in [2.24, 2.45) is 7.05 Å². The van der Waals surface area contributed by atoms with Gasteiger partial charge in [0, 0.05) is 38.7 Å². The van der Waals surface area contributed by atoms with Crippen LogP contribution >= 0.6 is 0 Å². The molecule has 1 N–H and O–H groups in total. The Hall–Kier alpha value is -2.64. The SMILES string of the molecule is CN1C(=O)CC[C@@H](NC(=O)c2cc(C3CC3)no2)[C@@H]1c1ccnn1C. The summed E-state index contributed by atoms with van der Waals surface area (Å²) in [6.45, 7) is 0. The van der Waals surface area contributed by atoms with Crippen LogP contribution in [0, 0.1) is 0 Å². The third-order valence-electron chi connectivity index (χ3n) is 5.09. The second kappa shape index (κ2) is 6.02. The molecular weight excluding hydrogens is 322 g/mol. The van der Waals surface area contributed by atoms with Gasteiger partial charge < -0.3 is 14.7 Å². The fourth-order valence-corrected chi connectivity index (χ4v) is 3.48. The summed E-state index contributed by atoms with van der Waals surface area (Å²) in [5.41, 5.74) is 1.74. The van der Waals surface area contributed by atoms with Crippen LogP contribution in [-0.4, -0.2) is 44.7 Å². The summed E-state index contributed by atoms with van der Waals surface area (Å²) < 4.78 is 6.94. The molecule has 4 rings (SSSR count). The molecule has 0 bridgehead atoms. The van der Waals surface area contributed by atoms with E-state index < -0.39 is 0 Å². The quantitative estimate of drug-likeness (QED) is 0.905. The standard InChI is InChI=1S/C17H21N5O3/c1-21-15(23)6-5-11(16(21)13-7-8-18-22(13)2)19-17(24)14-9-12(20-25-14)10-3-4-10/h7-11,16H,3-6H2,1-2H3,(H,19,24)/t11-,16-/m1/s1. The van der Waals surface area contributed by atoms with Gasteiger partial charge in [0.15, 0.2) is 0 Å². The lowest BCUT2D eigenvalue weighted by molar-refractivity contribution is -0.136. The lowest BCUT2D eigenvalue weighted by atomic mass is 9.93. The number of carbonyl (C=O) groups is 2. The third kappa shape index (κ3) is 2.92. The Bertz CT molecular complexity index is 807. The van der Waals surface area contributed by atoms with Gasteiger partial charge in [0.1, 0.15) is 0 Å². The summed E-state index contributed by atoms with van der Waals surface area (Å²) in [4.78, 5) is 26.4. The number of aromatic nitrogens is 3. The molecule has 1 saturated heterocycles. The van der Waals surface area contributed by atoms with Gasteiger partial charge in [-0.3, -0.25) is 14.3 Å². The fraction of sp³-hybridized carbons (Fsp3) is 0.529. The predicted molar refractivity (Wildman–Crippen MR) is 87.7 cm³/mol. The van der Waals surface area contributed by atoms with Gasteiger partial charge in [-0.2, -0.15) is 5.10 Å². The van der Waals surface area contributed by atoms with E-state index in [1.54, 1.807) is 28.9 Å². The van der Waals surface area contributed by atoms with E-state index in [0.29, 0.717) is 18.8 Å². The van der Waals surface area contributed by atoms with Crippen molar-refractivity contribution < 1.29 is 14.1 Å². The lowest BCUT2D eigenvalue weighted by Gasteiger charge is -2.39. The van der Waals surface area contributed by atoms with Crippen LogP contribution in [0.3, 0.4) is 0 Å². The number of rotatable bonds is 4. The van der Waals surface area contributed by atoms with Gasteiger partial charge in [-0.1, -0.05) is 5.16 Å². The van der Waals surface area contributed by atoms with Crippen LogP contribution < -0.4 is 5.32 Å². The maximum Gasteiger partial charge on any atom is 0.290 e. The largest absolute Gasteiger partial charge is 0.351 e. The van der Waals surface area contributed by atoms with E-state index in [0.717, 1.165) is 24.2 Å². The van der Waals surface area contributed by atoms with Gasteiger partial charge in [-0.15, -0.1) is 0 Å². The van der Waals surface area contributed by atoms with E-state index in [2.05, 4.69) is 15.6 Å². The number of likely N-dealkylation sites (N-methyl/N-ethyl adjacent to an activating group) is 1. The molecule has 2 amide bonds. The summed E-state index contributed by atoms with van der Waals surface area (Å²) in [7, 11) is 3.59. The molecule has 2 aromatic rings. The van der Waals surface area contributed by atoms with Crippen molar-refractivity contribution in [3.63, 3.8) is 0 Å². The van der Waals surface area contributed by atoms with Crippen molar-refractivity contribution >= 4 is 11.8 Å². The fourth-order valence-electron chi connectivity index (χ4n) is 3.48. The third-order valence-corrected chi connectivity index (χ3v) is 5.09. The summed E-state index contributed by atoms with van der Waals surface area (Å²) >= 11 is 0. The van der Waals surface area contributed by atoms with Crippen LogP contribution in [0.1, 0.15) is 59.6 Å². The Kier molecular flexibility index (Phi) is 3.82. The molecule has 1 aliphatic heterocycles. The number of nitrogens with zero attached hydrogens (tertiary/aromatic N) is 4. The molecule has 1 saturated carbocycles. The number of piperidine rings is 1. The van der Waals surface area contributed by atoms with Gasteiger partial charge in [-0.25, -0.2) is 0 Å². The normalized spacial score (nSPS) is 23.8. The minimum Gasteiger partial charge on any atom is -0.351 e. The van der Waals surface area contributed by atoms with Crippen molar-refractivity contribution in [3.05, 3.63) is 35.5 Å². The second-order valence-corrected chi connectivity index (χ2v) is 6.84. The first-order valence-electron chi connectivity index (χ1n) is 8.55. The number of nitrogens with one attached hydrogen (secondary N) is 1. The first kappa shape index (κ1) is 15.9. The molecule has 2 fully saturated rings. The van der Waals surface area contributed by atoms with E-state index in [9.17, 15) is 9.59 Å². The maximum atomic E-state index is 12.6. The number of likely N-dealkylation sites (tertiary alicyclic amines) is 1.